The van der Waals surface area contributed by atoms with Crippen LogP contribution in [0.4, 0.5) is 11.4 Å². The zero-order chi connectivity index (χ0) is 11.4. The van der Waals surface area contributed by atoms with E-state index >= 15 is 0 Å². The van der Waals surface area contributed by atoms with Crippen LogP contribution in [0.5, 0.6) is 0 Å². The Morgan fingerprint density at radius 2 is 2.06 bits per heavy atom. The minimum Gasteiger partial charge on any atom is -0.399 e. The van der Waals surface area contributed by atoms with Crippen molar-refractivity contribution in [1.29, 1.82) is 0 Å². The Morgan fingerprint density at radius 1 is 1.31 bits per heavy atom. The van der Waals surface area contributed by atoms with Gasteiger partial charge in [-0.25, -0.2) is 0 Å². The fourth-order valence-corrected chi connectivity index (χ4v) is 2.40. The molecule has 88 valence electrons. The van der Waals surface area contributed by atoms with Gasteiger partial charge in [0.25, 0.3) is 0 Å². The van der Waals surface area contributed by atoms with E-state index in [1.807, 2.05) is 12.1 Å². The second kappa shape index (κ2) is 5.21. The van der Waals surface area contributed by atoms with Crippen LogP contribution in [0.3, 0.4) is 0 Å². The second-order valence-electron chi connectivity index (χ2n) is 4.56. The Balaban J connectivity index is 2.01. The van der Waals surface area contributed by atoms with Crippen molar-refractivity contribution in [2.75, 3.05) is 30.3 Å². The molecule has 16 heavy (non-hydrogen) atoms. The summed E-state index contributed by atoms with van der Waals surface area (Å²) in [5.74, 6) is 0.635. The van der Waals surface area contributed by atoms with E-state index in [9.17, 15) is 0 Å². The van der Waals surface area contributed by atoms with Crippen molar-refractivity contribution in [2.24, 2.45) is 5.92 Å². The van der Waals surface area contributed by atoms with Crippen molar-refractivity contribution >= 4 is 11.4 Å². The van der Waals surface area contributed by atoms with Gasteiger partial charge in [0.05, 0.1) is 0 Å². The highest BCUT2D eigenvalue weighted by Crippen LogP contribution is 2.25. The van der Waals surface area contributed by atoms with Gasteiger partial charge in [-0.05, 0) is 49.4 Å². The van der Waals surface area contributed by atoms with Crippen molar-refractivity contribution in [3.63, 3.8) is 0 Å². The predicted octanol–water partition coefficient (Wildman–Crippen LogP) is 1.87. The monoisotopic (exact) mass is 220 g/mol. The van der Waals surface area contributed by atoms with Crippen molar-refractivity contribution in [2.45, 2.75) is 19.3 Å². The first-order valence-corrected chi connectivity index (χ1v) is 6.01. The third-order valence-electron chi connectivity index (χ3n) is 3.31. The number of hydrogen-bond acceptors (Lipinski definition) is 3. The van der Waals surface area contributed by atoms with E-state index < -0.39 is 0 Å². The maximum Gasteiger partial charge on any atom is 0.0434 e. The van der Waals surface area contributed by atoms with Gasteiger partial charge in [0.15, 0.2) is 0 Å². The first-order valence-electron chi connectivity index (χ1n) is 6.01. The Bertz CT molecular complexity index is 321. The first kappa shape index (κ1) is 11.3. The Labute approximate surface area is 96.9 Å². The molecule has 0 radical (unpaired) electrons. The molecule has 1 aromatic carbocycles. The topological polar surface area (TPSA) is 49.5 Å². The number of hydrogen-bond donors (Lipinski definition) is 2. The Kier molecular flexibility index (Phi) is 3.67. The highest BCUT2D eigenvalue weighted by atomic mass is 16.3. The molecule has 0 bridgehead atoms. The molecule has 3 nitrogen and oxygen atoms in total. The maximum atomic E-state index is 8.98. The standard InChI is InChI=1S/C13H20N2O/c14-12-3-5-13(6-4-12)15-8-1-2-11(10-15)7-9-16/h3-6,11,16H,1-2,7-10,14H2/t11-/m0/s1. The molecular weight excluding hydrogens is 200 g/mol. The maximum absolute atomic E-state index is 8.98. The third kappa shape index (κ3) is 2.67. The average Bonchev–Trinajstić information content (AvgIpc) is 2.31. The zero-order valence-corrected chi connectivity index (χ0v) is 9.60. The summed E-state index contributed by atoms with van der Waals surface area (Å²) in [7, 11) is 0. The zero-order valence-electron chi connectivity index (χ0n) is 9.60. The molecule has 0 spiro atoms. The van der Waals surface area contributed by atoms with Crippen LogP contribution in [-0.4, -0.2) is 24.8 Å². The van der Waals surface area contributed by atoms with Gasteiger partial charge in [-0.15, -0.1) is 0 Å². The van der Waals surface area contributed by atoms with Crippen molar-refractivity contribution in [1.82, 2.24) is 0 Å². The Morgan fingerprint density at radius 3 is 2.75 bits per heavy atom. The average molecular weight is 220 g/mol. The molecule has 1 fully saturated rings. The molecule has 3 heteroatoms. The fraction of sp³-hybridized carbons (Fsp3) is 0.538. The van der Waals surface area contributed by atoms with Crippen molar-refractivity contribution in [3.8, 4) is 0 Å². The summed E-state index contributed by atoms with van der Waals surface area (Å²) in [6.45, 7) is 2.48. The van der Waals surface area contributed by atoms with Crippen LogP contribution in [0, 0.1) is 5.92 Å². The normalized spacial score (nSPS) is 21.1. The number of aliphatic hydroxyl groups excluding tert-OH is 1. The summed E-state index contributed by atoms with van der Waals surface area (Å²) >= 11 is 0. The van der Waals surface area contributed by atoms with Crippen LogP contribution in [0.1, 0.15) is 19.3 Å². The lowest BCUT2D eigenvalue weighted by atomic mass is 9.95. The quantitative estimate of drug-likeness (QED) is 0.764. The van der Waals surface area contributed by atoms with Gasteiger partial charge in [0.2, 0.25) is 0 Å². The molecule has 1 aliphatic heterocycles. The smallest absolute Gasteiger partial charge is 0.0434 e. The molecule has 2 rings (SSSR count). The van der Waals surface area contributed by atoms with Gasteiger partial charge in [0.1, 0.15) is 0 Å². The number of nitrogens with two attached hydrogens (primary N) is 1. The number of rotatable bonds is 3. The number of nitrogen functional groups attached to an aromatic ring is 1. The van der Waals surface area contributed by atoms with E-state index in [1.165, 1.54) is 18.5 Å². The molecule has 0 saturated carbocycles. The molecule has 3 N–H and O–H groups in total. The van der Waals surface area contributed by atoms with E-state index in [-0.39, 0.29) is 0 Å². The van der Waals surface area contributed by atoms with Crippen LogP contribution < -0.4 is 10.6 Å². The SMILES string of the molecule is Nc1ccc(N2CCC[C@@H](CCO)C2)cc1. The number of aliphatic hydroxyl groups is 1. The van der Waals surface area contributed by atoms with Gasteiger partial charge in [-0.3, -0.25) is 0 Å². The summed E-state index contributed by atoms with van der Waals surface area (Å²) in [6.07, 6.45) is 3.38. The van der Waals surface area contributed by atoms with Crippen LogP contribution >= 0.6 is 0 Å². The van der Waals surface area contributed by atoms with Gasteiger partial charge < -0.3 is 15.7 Å². The van der Waals surface area contributed by atoms with Crippen molar-refractivity contribution in [3.05, 3.63) is 24.3 Å². The van der Waals surface area contributed by atoms with E-state index in [4.69, 9.17) is 10.8 Å². The van der Waals surface area contributed by atoms with Gasteiger partial charge in [0, 0.05) is 31.1 Å². The molecule has 1 aliphatic rings. The number of anilines is 2. The van der Waals surface area contributed by atoms with Crippen LogP contribution in [-0.2, 0) is 0 Å². The number of nitrogens with zero attached hydrogens (tertiary/aromatic N) is 1. The highest BCUT2D eigenvalue weighted by Gasteiger charge is 2.19. The summed E-state index contributed by atoms with van der Waals surface area (Å²) in [5, 5.41) is 8.98. The van der Waals surface area contributed by atoms with Crippen LogP contribution in [0.15, 0.2) is 24.3 Å². The molecule has 1 saturated heterocycles. The van der Waals surface area contributed by atoms with Crippen LogP contribution in [0.25, 0.3) is 0 Å². The van der Waals surface area contributed by atoms with E-state index in [0.717, 1.165) is 25.2 Å². The van der Waals surface area contributed by atoms with Crippen LogP contribution in [0.2, 0.25) is 0 Å². The Hall–Kier alpha value is -1.22. The van der Waals surface area contributed by atoms with E-state index in [2.05, 4.69) is 17.0 Å². The van der Waals surface area contributed by atoms with Crippen molar-refractivity contribution < 1.29 is 5.11 Å². The first-order chi connectivity index (χ1) is 7.79. The summed E-state index contributed by atoms with van der Waals surface area (Å²) < 4.78 is 0. The molecule has 0 amide bonds. The summed E-state index contributed by atoms with van der Waals surface area (Å²) in [5.41, 5.74) is 7.74. The largest absolute Gasteiger partial charge is 0.399 e. The number of piperidine rings is 1. The molecule has 1 aromatic rings. The minimum absolute atomic E-state index is 0.306. The molecule has 0 aliphatic carbocycles. The molecule has 1 heterocycles. The number of benzene rings is 1. The van der Waals surface area contributed by atoms with E-state index in [1.54, 1.807) is 0 Å². The second-order valence-corrected chi connectivity index (χ2v) is 4.56. The lowest BCUT2D eigenvalue weighted by Crippen LogP contribution is -2.35. The molecular formula is C13H20N2O. The van der Waals surface area contributed by atoms with E-state index in [0.29, 0.717) is 12.5 Å². The summed E-state index contributed by atoms with van der Waals surface area (Å²) in [6, 6.07) is 8.06. The minimum atomic E-state index is 0.306. The fourth-order valence-electron chi connectivity index (χ4n) is 2.40. The third-order valence-corrected chi connectivity index (χ3v) is 3.31. The predicted molar refractivity (Wildman–Crippen MR) is 67.5 cm³/mol. The molecule has 1 atom stereocenters. The molecule has 0 aromatic heterocycles. The summed E-state index contributed by atoms with van der Waals surface area (Å²) in [4.78, 5) is 2.39. The lowest BCUT2D eigenvalue weighted by Gasteiger charge is -2.34. The van der Waals surface area contributed by atoms with Gasteiger partial charge in [-0.1, -0.05) is 0 Å². The molecule has 0 unspecified atom stereocenters. The highest BCUT2D eigenvalue weighted by molar-refractivity contribution is 5.53. The lowest BCUT2D eigenvalue weighted by molar-refractivity contribution is 0.244. The van der Waals surface area contributed by atoms with Gasteiger partial charge >= 0.3 is 0 Å². The van der Waals surface area contributed by atoms with Gasteiger partial charge in [-0.2, -0.15) is 0 Å².